The monoisotopic (exact) mass is 673 g/mol. The second-order valence-corrected chi connectivity index (χ2v) is 11.9. The van der Waals surface area contributed by atoms with Gasteiger partial charge in [-0.1, -0.05) is 33.1 Å². The number of rotatable bonds is 30. The first-order valence-corrected chi connectivity index (χ1v) is 17.5. The molecule has 1 aromatic heterocycles. The summed E-state index contributed by atoms with van der Waals surface area (Å²) in [7, 11) is 0. The van der Waals surface area contributed by atoms with Crippen molar-refractivity contribution in [3.05, 3.63) is 12.4 Å². The van der Waals surface area contributed by atoms with E-state index in [0.717, 1.165) is 57.4 Å². The number of imidazole rings is 1. The zero-order valence-electron chi connectivity index (χ0n) is 28.1. The Morgan fingerprint density at radius 1 is 0.870 bits per heavy atom. The lowest BCUT2D eigenvalue weighted by Gasteiger charge is -2.25. The van der Waals surface area contributed by atoms with Crippen molar-refractivity contribution in [2.24, 2.45) is 11.7 Å². The summed E-state index contributed by atoms with van der Waals surface area (Å²) >= 11 is 5.66. The molecule has 0 saturated heterocycles. The van der Waals surface area contributed by atoms with Crippen molar-refractivity contribution in [2.45, 2.75) is 103 Å². The molecule has 0 aliphatic heterocycles. The van der Waals surface area contributed by atoms with Crippen LogP contribution in [0, 0.1) is 5.92 Å². The molecule has 0 aromatic carbocycles. The highest BCUT2D eigenvalue weighted by atomic mass is 35.5. The molecule has 0 fully saturated rings. The number of nitrogens with one attached hydrogen (secondary N) is 3. The largest absolute Gasteiger partial charge is 0.381 e. The van der Waals surface area contributed by atoms with Crippen molar-refractivity contribution in [1.82, 2.24) is 25.5 Å². The molecule has 3 atom stereocenters. The van der Waals surface area contributed by atoms with E-state index in [2.05, 4.69) is 20.9 Å². The molecule has 0 radical (unpaired) electrons. The van der Waals surface area contributed by atoms with E-state index < -0.39 is 12.1 Å². The van der Waals surface area contributed by atoms with E-state index in [0.29, 0.717) is 84.3 Å². The highest BCUT2D eigenvalue weighted by Gasteiger charge is 2.27. The van der Waals surface area contributed by atoms with Gasteiger partial charge in [-0.25, -0.2) is 4.98 Å². The molecule has 266 valence electrons. The van der Waals surface area contributed by atoms with E-state index in [9.17, 15) is 14.4 Å². The van der Waals surface area contributed by atoms with Crippen molar-refractivity contribution < 1.29 is 28.6 Å². The van der Waals surface area contributed by atoms with Crippen LogP contribution in [-0.4, -0.2) is 98.0 Å². The third-order valence-electron chi connectivity index (χ3n) is 7.61. The lowest BCUT2D eigenvalue weighted by molar-refractivity contribution is -0.131. The SMILES string of the molecule is CC[C@H](C)[C@H](NC(=O)[C@@H](N)CCCn1ccnc1N)C(=O)NCCCOCCCCC(=O)NCCOCCOCCCCCCCl. The number of hydrogen-bond donors (Lipinski definition) is 5. The highest BCUT2D eigenvalue weighted by molar-refractivity contribution is 6.17. The molecule has 0 aliphatic rings. The van der Waals surface area contributed by atoms with Gasteiger partial charge in [0.2, 0.25) is 17.7 Å². The Hall–Kier alpha value is -2.45. The molecule has 0 unspecified atom stereocenters. The topological polar surface area (TPSA) is 185 Å². The standard InChI is InChI=1S/C32H60ClN7O6/c1-3-26(2)29(39-30(42)27(34)12-10-18-40-19-16-38-32(40)35)31(43)37-15-11-22-44-21-9-6-13-28(41)36-17-23-46-25-24-45-20-8-5-4-7-14-33/h16,19,26-27,29H,3-15,17-18,20-25,34H2,1-2H3,(H2,35,38)(H,36,41)(H,37,43)(H,39,42)/t26-,27-,29-/m0/s1. The zero-order chi connectivity index (χ0) is 33.8. The molecular formula is C32H60ClN7O6. The van der Waals surface area contributed by atoms with E-state index in [4.69, 9.17) is 37.3 Å². The minimum absolute atomic E-state index is 0.00286. The first-order chi connectivity index (χ1) is 22.3. The number of aryl methyl sites for hydroxylation is 1. The fraction of sp³-hybridized carbons (Fsp3) is 0.812. The second-order valence-electron chi connectivity index (χ2n) is 11.5. The third-order valence-corrected chi connectivity index (χ3v) is 7.88. The number of ether oxygens (including phenoxy) is 3. The fourth-order valence-corrected chi connectivity index (χ4v) is 4.71. The van der Waals surface area contributed by atoms with Crippen LogP contribution in [-0.2, 0) is 35.1 Å². The average Bonchev–Trinajstić information content (AvgIpc) is 3.46. The number of hydrogen-bond acceptors (Lipinski definition) is 9. The van der Waals surface area contributed by atoms with Gasteiger partial charge >= 0.3 is 0 Å². The number of nitrogens with zero attached hydrogens (tertiary/aromatic N) is 2. The maximum atomic E-state index is 12.9. The summed E-state index contributed by atoms with van der Waals surface area (Å²) in [4.78, 5) is 41.5. The lowest BCUT2D eigenvalue weighted by Crippen LogP contribution is -2.54. The van der Waals surface area contributed by atoms with E-state index in [1.54, 1.807) is 17.0 Å². The number of nitrogen functional groups attached to an aromatic ring is 1. The Morgan fingerprint density at radius 3 is 2.24 bits per heavy atom. The van der Waals surface area contributed by atoms with Crippen LogP contribution in [0.25, 0.3) is 0 Å². The van der Waals surface area contributed by atoms with Crippen molar-refractivity contribution in [3.8, 4) is 0 Å². The van der Waals surface area contributed by atoms with Gasteiger partial charge in [-0.05, 0) is 50.9 Å². The van der Waals surface area contributed by atoms with Crippen molar-refractivity contribution in [1.29, 1.82) is 0 Å². The van der Waals surface area contributed by atoms with Crippen LogP contribution in [0.3, 0.4) is 0 Å². The fourth-order valence-electron chi connectivity index (χ4n) is 4.52. The van der Waals surface area contributed by atoms with Crippen molar-refractivity contribution in [2.75, 3.05) is 64.3 Å². The number of halogens is 1. The lowest BCUT2D eigenvalue weighted by atomic mass is 9.97. The molecule has 1 rings (SSSR count). The van der Waals surface area contributed by atoms with Crippen LogP contribution in [0.2, 0.25) is 0 Å². The van der Waals surface area contributed by atoms with E-state index in [1.807, 2.05) is 13.8 Å². The summed E-state index contributed by atoms with van der Waals surface area (Å²) in [5.74, 6) is 0.532. The van der Waals surface area contributed by atoms with Crippen LogP contribution < -0.4 is 27.4 Å². The van der Waals surface area contributed by atoms with Gasteiger partial charge in [0.25, 0.3) is 0 Å². The summed E-state index contributed by atoms with van der Waals surface area (Å²) in [5.41, 5.74) is 11.9. The number of carbonyl (C=O) groups excluding carboxylic acids is 3. The van der Waals surface area contributed by atoms with Crippen molar-refractivity contribution in [3.63, 3.8) is 0 Å². The van der Waals surface area contributed by atoms with Gasteiger partial charge in [0.05, 0.1) is 25.9 Å². The first kappa shape index (κ1) is 41.6. The van der Waals surface area contributed by atoms with Gasteiger partial charge in [0.15, 0.2) is 5.95 Å². The number of alkyl halides is 1. The van der Waals surface area contributed by atoms with Crippen LogP contribution in [0.4, 0.5) is 5.95 Å². The normalized spacial score (nSPS) is 13.2. The Labute approximate surface area is 280 Å². The number of anilines is 1. The van der Waals surface area contributed by atoms with Gasteiger partial charge in [-0.2, -0.15) is 0 Å². The predicted molar refractivity (Wildman–Crippen MR) is 181 cm³/mol. The second kappa shape index (κ2) is 27.6. The van der Waals surface area contributed by atoms with Crippen LogP contribution in [0.15, 0.2) is 12.4 Å². The quantitative estimate of drug-likeness (QED) is 0.0605. The molecule has 0 aliphatic carbocycles. The van der Waals surface area contributed by atoms with Gasteiger partial charge < -0.3 is 46.2 Å². The number of carbonyl (C=O) groups is 3. The molecule has 14 heteroatoms. The number of unbranched alkanes of at least 4 members (excludes halogenated alkanes) is 4. The Balaban J connectivity index is 2.05. The minimum atomic E-state index is -0.722. The molecule has 0 bridgehead atoms. The first-order valence-electron chi connectivity index (χ1n) is 17.0. The molecule has 13 nitrogen and oxygen atoms in total. The zero-order valence-corrected chi connectivity index (χ0v) is 28.9. The van der Waals surface area contributed by atoms with Gasteiger partial charge in [-0.3, -0.25) is 14.4 Å². The molecule has 1 aromatic rings. The average molecular weight is 674 g/mol. The minimum Gasteiger partial charge on any atom is -0.381 e. The number of aromatic nitrogens is 2. The smallest absolute Gasteiger partial charge is 0.242 e. The third kappa shape index (κ3) is 20.6. The van der Waals surface area contributed by atoms with E-state index >= 15 is 0 Å². The van der Waals surface area contributed by atoms with E-state index in [1.165, 1.54) is 0 Å². The van der Waals surface area contributed by atoms with Gasteiger partial charge in [-0.15, -0.1) is 11.6 Å². The molecular weight excluding hydrogens is 614 g/mol. The summed E-state index contributed by atoms with van der Waals surface area (Å²) in [5, 5.41) is 8.61. The molecule has 3 amide bonds. The summed E-state index contributed by atoms with van der Waals surface area (Å²) in [6.07, 6.45) is 12.2. The summed E-state index contributed by atoms with van der Waals surface area (Å²) in [6.45, 7) is 8.78. The van der Waals surface area contributed by atoms with Crippen LogP contribution in [0.1, 0.15) is 84.5 Å². The predicted octanol–water partition coefficient (Wildman–Crippen LogP) is 2.75. The maximum Gasteiger partial charge on any atom is 0.242 e. The highest BCUT2D eigenvalue weighted by Crippen LogP contribution is 2.10. The van der Waals surface area contributed by atoms with E-state index in [-0.39, 0.29) is 23.6 Å². The van der Waals surface area contributed by atoms with Crippen LogP contribution >= 0.6 is 11.6 Å². The Kier molecular flexibility index (Phi) is 25.0. The Bertz CT molecular complexity index is 939. The van der Waals surface area contributed by atoms with Gasteiger partial charge in [0.1, 0.15) is 6.04 Å². The van der Waals surface area contributed by atoms with Crippen LogP contribution in [0.5, 0.6) is 0 Å². The maximum absolute atomic E-state index is 12.9. The molecule has 0 saturated carbocycles. The summed E-state index contributed by atoms with van der Waals surface area (Å²) < 4.78 is 18.5. The summed E-state index contributed by atoms with van der Waals surface area (Å²) in [6, 6.07) is -1.38. The Morgan fingerprint density at radius 2 is 1.54 bits per heavy atom. The van der Waals surface area contributed by atoms with Crippen molar-refractivity contribution >= 4 is 35.3 Å². The molecule has 0 spiro atoms. The molecule has 1 heterocycles. The molecule has 46 heavy (non-hydrogen) atoms. The number of amides is 3. The van der Waals surface area contributed by atoms with Gasteiger partial charge in [0, 0.05) is 64.1 Å². The molecule has 7 N–H and O–H groups in total. The number of nitrogens with two attached hydrogens (primary N) is 2.